The van der Waals surface area contributed by atoms with E-state index in [2.05, 4.69) is 15.9 Å². The minimum absolute atomic E-state index is 0.651. The monoisotopic (exact) mass is 215 g/mol. The number of rotatable bonds is 1. The number of nitrogens with two attached hydrogens (primary N) is 1. The van der Waals surface area contributed by atoms with Gasteiger partial charge in [-0.3, -0.25) is 0 Å². The lowest BCUT2D eigenvalue weighted by molar-refractivity contribution is 0.416. The number of aryl methyl sites for hydroxylation is 1. The standard InChI is InChI=1S/C8H10BrNO/c1-5-3-6(9)8(10)7(4-5)11-2/h3-4H,10H2,1-2H3. The van der Waals surface area contributed by atoms with Crippen LogP contribution in [0.5, 0.6) is 5.75 Å². The van der Waals surface area contributed by atoms with Crippen molar-refractivity contribution in [1.29, 1.82) is 0 Å². The second-order valence-corrected chi connectivity index (χ2v) is 3.22. The van der Waals surface area contributed by atoms with Crippen LogP contribution >= 0.6 is 15.9 Å². The van der Waals surface area contributed by atoms with E-state index in [1.54, 1.807) is 7.11 Å². The van der Waals surface area contributed by atoms with Gasteiger partial charge in [0, 0.05) is 4.47 Å². The van der Waals surface area contributed by atoms with Gasteiger partial charge in [0.2, 0.25) is 0 Å². The third-order valence-corrected chi connectivity index (χ3v) is 2.11. The zero-order valence-corrected chi connectivity index (χ0v) is 8.10. The van der Waals surface area contributed by atoms with Gasteiger partial charge >= 0.3 is 0 Å². The highest BCUT2D eigenvalue weighted by Gasteiger charge is 2.03. The van der Waals surface area contributed by atoms with Gasteiger partial charge in [-0.05, 0) is 40.5 Å². The Bertz CT molecular complexity index is 273. The average molecular weight is 216 g/mol. The van der Waals surface area contributed by atoms with E-state index in [1.807, 2.05) is 19.1 Å². The highest BCUT2D eigenvalue weighted by atomic mass is 79.9. The molecule has 2 nitrogen and oxygen atoms in total. The molecule has 0 amide bonds. The summed E-state index contributed by atoms with van der Waals surface area (Å²) >= 11 is 3.33. The summed E-state index contributed by atoms with van der Waals surface area (Å²) in [7, 11) is 1.61. The molecule has 60 valence electrons. The Morgan fingerprint density at radius 2 is 2.09 bits per heavy atom. The lowest BCUT2D eigenvalue weighted by Crippen LogP contribution is -1.93. The zero-order chi connectivity index (χ0) is 8.43. The minimum atomic E-state index is 0.651. The van der Waals surface area contributed by atoms with Crippen molar-refractivity contribution in [2.45, 2.75) is 6.92 Å². The van der Waals surface area contributed by atoms with Crippen LogP contribution in [0.25, 0.3) is 0 Å². The van der Waals surface area contributed by atoms with Crippen molar-refractivity contribution in [3.63, 3.8) is 0 Å². The van der Waals surface area contributed by atoms with Gasteiger partial charge < -0.3 is 10.5 Å². The van der Waals surface area contributed by atoms with Crippen molar-refractivity contribution in [2.24, 2.45) is 0 Å². The topological polar surface area (TPSA) is 35.2 Å². The minimum Gasteiger partial charge on any atom is -0.495 e. The fourth-order valence-corrected chi connectivity index (χ4v) is 1.45. The van der Waals surface area contributed by atoms with Crippen LogP contribution < -0.4 is 10.5 Å². The molecule has 0 unspecified atom stereocenters. The van der Waals surface area contributed by atoms with Crippen LogP contribution in [0.4, 0.5) is 5.69 Å². The molecule has 0 fully saturated rings. The molecular formula is C8H10BrNO. The molecule has 0 bridgehead atoms. The van der Waals surface area contributed by atoms with Crippen LogP contribution in [0.3, 0.4) is 0 Å². The third-order valence-electron chi connectivity index (χ3n) is 1.46. The fraction of sp³-hybridized carbons (Fsp3) is 0.250. The number of methoxy groups -OCH3 is 1. The molecule has 3 heteroatoms. The van der Waals surface area contributed by atoms with Gasteiger partial charge in [-0.25, -0.2) is 0 Å². The van der Waals surface area contributed by atoms with Gasteiger partial charge in [0.1, 0.15) is 5.75 Å². The van der Waals surface area contributed by atoms with Crippen molar-refractivity contribution >= 4 is 21.6 Å². The molecule has 1 aromatic carbocycles. The van der Waals surface area contributed by atoms with E-state index in [9.17, 15) is 0 Å². The Labute approximate surface area is 74.5 Å². The second-order valence-electron chi connectivity index (χ2n) is 2.36. The first-order valence-electron chi connectivity index (χ1n) is 3.24. The summed E-state index contributed by atoms with van der Waals surface area (Å²) in [5.41, 5.74) is 7.47. The van der Waals surface area contributed by atoms with Crippen molar-refractivity contribution in [1.82, 2.24) is 0 Å². The molecule has 1 aromatic rings. The average Bonchev–Trinajstić information content (AvgIpc) is 1.96. The van der Waals surface area contributed by atoms with Gasteiger partial charge in [-0.15, -0.1) is 0 Å². The fourth-order valence-electron chi connectivity index (χ4n) is 0.890. The first-order valence-corrected chi connectivity index (χ1v) is 4.04. The van der Waals surface area contributed by atoms with Crippen LogP contribution in [0, 0.1) is 6.92 Å². The molecule has 1 rings (SSSR count). The van der Waals surface area contributed by atoms with Crippen LogP contribution in [-0.2, 0) is 0 Å². The molecule has 2 N–H and O–H groups in total. The lowest BCUT2D eigenvalue weighted by atomic mass is 10.2. The summed E-state index contributed by atoms with van der Waals surface area (Å²) in [6, 6.07) is 3.86. The summed E-state index contributed by atoms with van der Waals surface area (Å²) in [4.78, 5) is 0. The van der Waals surface area contributed by atoms with Gasteiger partial charge in [-0.2, -0.15) is 0 Å². The van der Waals surface area contributed by atoms with Crippen LogP contribution in [0.15, 0.2) is 16.6 Å². The van der Waals surface area contributed by atoms with E-state index >= 15 is 0 Å². The number of hydrogen-bond donors (Lipinski definition) is 1. The predicted octanol–water partition coefficient (Wildman–Crippen LogP) is 2.35. The Morgan fingerprint density at radius 1 is 1.45 bits per heavy atom. The molecule has 0 atom stereocenters. The van der Waals surface area contributed by atoms with Crippen LogP contribution in [-0.4, -0.2) is 7.11 Å². The van der Waals surface area contributed by atoms with Crippen molar-refractivity contribution in [3.05, 3.63) is 22.2 Å². The summed E-state index contributed by atoms with van der Waals surface area (Å²) < 4.78 is 5.94. The van der Waals surface area contributed by atoms with Crippen LogP contribution in [0.2, 0.25) is 0 Å². The van der Waals surface area contributed by atoms with Crippen molar-refractivity contribution in [2.75, 3.05) is 12.8 Å². The molecule has 0 aliphatic heterocycles. The maximum absolute atomic E-state index is 5.69. The van der Waals surface area contributed by atoms with E-state index in [0.29, 0.717) is 5.69 Å². The molecule has 0 saturated heterocycles. The third kappa shape index (κ3) is 1.66. The maximum Gasteiger partial charge on any atom is 0.143 e. The largest absolute Gasteiger partial charge is 0.495 e. The van der Waals surface area contributed by atoms with Crippen molar-refractivity contribution in [3.8, 4) is 5.75 Å². The molecule has 0 aliphatic rings. The molecule has 0 aliphatic carbocycles. The van der Waals surface area contributed by atoms with Gasteiger partial charge in [0.25, 0.3) is 0 Å². The lowest BCUT2D eigenvalue weighted by Gasteiger charge is -2.06. The SMILES string of the molecule is COc1cc(C)cc(Br)c1N. The quantitative estimate of drug-likeness (QED) is 0.731. The number of benzene rings is 1. The number of hydrogen-bond acceptors (Lipinski definition) is 2. The van der Waals surface area contributed by atoms with Gasteiger partial charge in [-0.1, -0.05) is 0 Å². The number of halogens is 1. The molecule has 11 heavy (non-hydrogen) atoms. The highest BCUT2D eigenvalue weighted by molar-refractivity contribution is 9.10. The summed E-state index contributed by atoms with van der Waals surface area (Å²) in [6.07, 6.45) is 0. The number of ether oxygens (including phenoxy) is 1. The predicted molar refractivity (Wildman–Crippen MR) is 49.8 cm³/mol. The van der Waals surface area contributed by atoms with E-state index in [-0.39, 0.29) is 0 Å². The van der Waals surface area contributed by atoms with E-state index < -0.39 is 0 Å². The Balaban J connectivity index is 3.24. The normalized spacial score (nSPS) is 9.73. The maximum atomic E-state index is 5.69. The van der Waals surface area contributed by atoms with Crippen molar-refractivity contribution < 1.29 is 4.74 Å². The Hall–Kier alpha value is -0.700. The molecule has 0 saturated carbocycles. The van der Waals surface area contributed by atoms with Crippen LogP contribution in [0.1, 0.15) is 5.56 Å². The van der Waals surface area contributed by atoms with E-state index in [4.69, 9.17) is 10.5 Å². The van der Waals surface area contributed by atoms with Gasteiger partial charge in [0.15, 0.2) is 0 Å². The Kier molecular flexibility index (Phi) is 2.39. The first kappa shape index (κ1) is 8.40. The molecule has 0 aromatic heterocycles. The van der Waals surface area contributed by atoms with E-state index in [0.717, 1.165) is 15.8 Å². The number of nitrogen functional groups attached to an aromatic ring is 1. The molecule has 0 radical (unpaired) electrons. The van der Waals surface area contributed by atoms with E-state index in [1.165, 1.54) is 0 Å². The summed E-state index contributed by atoms with van der Waals surface area (Å²) in [6.45, 7) is 1.99. The molecule has 0 spiro atoms. The summed E-state index contributed by atoms with van der Waals surface area (Å²) in [5, 5.41) is 0. The molecular weight excluding hydrogens is 206 g/mol. The highest BCUT2D eigenvalue weighted by Crippen LogP contribution is 2.30. The second kappa shape index (κ2) is 3.13. The zero-order valence-electron chi connectivity index (χ0n) is 6.52. The smallest absolute Gasteiger partial charge is 0.143 e. The van der Waals surface area contributed by atoms with Gasteiger partial charge in [0.05, 0.1) is 12.8 Å². The summed E-state index contributed by atoms with van der Waals surface area (Å²) in [5.74, 6) is 0.719. The molecule has 0 heterocycles. The Morgan fingerprint density at radius 3 is 2.64 bits per heavy atom. The number of anilines is 1. The first-order chi connectivity index (χ1) is 5.15.